The standard InChI is InChI=1S/C35H36ClNO3S/c1-23(31-15-13-24-12-14-25(36)20-32(24)37-31)26-8-4-5-9-27(26)28(29-10-6-7-11-30(29)34(2,3)40)16-19-41-22-35(17-18-35)21-33(38)39/h4-15,20,28,40H,1,16-19,21-22H2,2-3H3,(H,38,39)/t28-/m1/s1. The number of aliphatic carboxylic acids is 1. The minimum Gasteiger partial charge on any atom is -0.481 e. The van der Waals surface area contributed by atoms with Crippen LogP contribution in [0.1, 0.15) is 73.4 Å². The van der Waals surface area contributed by atoms with E-state index >= 15 is 0 Å². The number of thioether (sulfide) groups is 1. The lowest BCUT2D eigenvalue weighted by Gasteiger charge is -2.29. The summed E-state index contributed by atoms with van der Waals surface area (Å²) >= 11 is 8.09. The van der Waals surface area contributed by atoms with E-state index in [1.807, 2.05) is 80.2 Å². The van der Waals surface area contributed by atoms with Gasteiger partial charge in [-0.05, 0) is 90.5 Å². The predicted octanol–water partition coefficient (Wildman–Crippen LogP) is 8.69. The average molecular weight is 586 g/mol. The van der Waals surface area contributed by atoms with Crippen molar-refractivity contribution in [2.45, 2.75) is 51.0 Å². The van der Waals surface area contributed by atoms with Crippen LogP contribution < -0.4 is 0 Å². The molecular weight excluding hydrogens is 550 g/mol. The number of hydrogen-bond donors (Lipinski definition) is 2. The lowest BCUT2D eigenvalue weighted by Crippen LogP contribution is -2.20. The summed E-state index contributed by atoms with van der Waals surface area (Å²) in [6, 6.07) is 26.2. The molecule has 0 spiro atoms. The van der Waals surface area contributed by atoms with Crippen molar-refractivity contribution in [3.63, 3.8) is 0 Å². The molecule has 1 fully saturated rings. The summed E-state index contributed by atoms with van der Waals surface area (Å²) in [4.78, 5) is 16.3. The number of carbonyl (C=O) groups is 1. The van der Waals surface area contributed by atoms with E-state index in [0.717, 1.165) is 75.2 Å². The molecule has 6 heteroatoms. The molecule has 0 radical (unpaired) electrons. The minimum atomic E-state index is -1.01. The minimum absolute atomic E-state index is 0.00241. The van der Waals surface area contributed by atoms with Gasteiger partial charge in [0.1, 0.15) is 0 Å². The number of rotatable bonds is 12. The molecule has 0 amide bonds. The summed E-state index contributed by atoms with van der Waals surface area (Å²) in [5.41, 5.74) is 5.54. The molecule has 1 heterocycles. The van der Waals surface area contributed by atoms with Crippen LogP contribution in [0.5, 0.6) is 0 Å². The third-order valence-corrected chi connectivity index (χ3v) is 9.64. The van der Waals surface area contributed by atoms with Crippen molar-refractivity contribution in [2.24, 2.45) is 5.41 Å². The molecule has 1 aromatic heterocycles. The molecule has 0 aliphatic heterocycles. The topological polar surface area (TPSA) is 70.4 Å². The van der Waals surface area contributed by atoms with Crippen LogP contribution >= 0.6 is 23.4 Å². The molecule has 2 N–H and O–H groups in total. The number of benzene rings is 3. The van der Waals surface area contributed by atoms with Gasteiger partial charge in [0.05, 0.1) is 23.2 Å². The number of aliphatic hydroxyl groups is 1. The van der Waals surface area contributed by atoms with Gasteiger partial charge in [0.25, 0.3) is 0 Å². The van der Waals surface area contributed by atoms with Crippen LogP contribution in [-0.2, 0) is 10.4 Å². The zero-order valence-corrected chi connectivity index (χ0v) is 25.1. The molecule has 0 saturated heterocycles. The number of nitrogens with zero attached hydrogens (tertiary/aromatic N) is 1. The van der Waals surface area contributed by atoms with E-state index in [9.17, 15) is 15.0 Å². The lowest BCUT2D eigenvalue weighted by molar-refractivity contribution is -0.138. The van der Waals surface area contributed by atoms with E-state index in [2.05, 4.69) is 30.8 Å². The maximum atomic E-state index is 11.4. The summed E-state index contributed by atoms with van der Waals surface area (Å²) in [6.07, 6.45) is 3.07. The van der Waals surface area contributed by atoms with Gasteiger partial charge in [0, 0.05) is 21.9 Å². The van der Waals surface area contributed by atoms with E-state index in [4.69, 9.17) is 16.6 Å². The zero-order valence-electron chi connectivity index (χ0n) is 23.6. The second-order valence-corrected chi connectivity index (χ2v) is 13.3. The summed E-state index contributed by atoms with van der Waals surface area (Å²) in [5.74, 6) is 1.02. The maximum absolute atomic E-state index is 11.4. The normalized spacial score (nSPS) is 15.0. The Labute approximate surface area is 251 Å². The highest BCUT2D eigenvalue weighted by Gasteiger charge is 2.44. The molecule has 4 aromatic rings. The second-order valence-electron chi connectivity index (χ2n) is 11.7. The fourth-order valence-corrected chi connectivity index (χ4v) is 7.21. The van der Waals surface area contributed by atoms with E-state index < -0.39 is 11.6 Å². The van der Waals surface area contributed by atoms with Gasteiger partial charge in [-0.1, -0.05) is 78.8 Å². The Kier molecular flexibility index (Phi) is 8.60. The van der Waals surface area contributed by atoms with Crippen molar-refractivity contribution in [3.05, 3.63) is 118 Å². The quantitative estimate of drug-likeness (QED) is 0.163. The van der Waals surface area contributed by atoms with Gasteiger partial charge in [-0.3, -0.25) is 4.79 Å². The smallest absolute Gasteiger partial charge is 0.303 e. The largest absolute Gasteiger partial charge is 0.481 e. The molecule has 0 unspecified atom stereocenters. The van der Waals surface area contributed by atoms with Gasteiger partial charge in [-0.15, -0.1) is 0 Å². The van der Waals surface area contributed by atoms with E-state index in [0.29, 0.717) is 5.02 Å². The number of carboxylic acids is 1. The van der Waals surface area contributed by atoms with E-state index in [1.54, 1.807) is 0 Å². The Morgan fingerprint density at radius 2 is 1.73 bits per heavy atom. The molecule has 1 atom stereocenters. The molecule has 212 valence electrons. The molecule has 4 nitrogen and oxygen atoms in total. The summed E-state index contributed by atoms with van der Waals surface area (Å²) in [7, 11) is 0. The summed E-state index contributed by atoms with van der Waals surface area (Å²) in [6.45, 7) is 8.15. The van der Waals surface area contributed by atoms with Gasteiger partial charge in [-0.25, -0.2) is 4.98 Å². The number of fused-ring (bicyclic) bond motifs is 1. The Hall–Kier alpha value is -3.12. The number of pyridine rings is 1. The average Bonchev–Trinajstić information content (AvgIpc) is 3.70. The van der Waals surface area contributed by atoms with E-state index in [-0.39, 0.29) is 17.8 Å². The van der Waals surface area contributed by atoms with Gasteiger partial charge in [0.15, 0.2) is 0 Å². The third-order valence-electron chi connectivity index (χ3n) is 8.06. The van der Waals surface area contributed by atoms with Crippen LogP contribution in [0.4, 0.5) is 0 Å². The van der Waals surface area contributed by atoms with Crippen LogP contribution in [-0.4, -0.2) is 32.7 Å². The van der Waals surface area contributed by atoms with Crippen LogP contribution in [0.2, 0.25) is 5.02 Å². The van der Waals surface area contributed by atoms with Crippen LogP contribution in [0.25, 0.3) is 16.5 Å². The first-order chi connectivity index (χ1) is 19.6. The summed E-state index contributed by atoms with van der Waals surface area (Å²) < 4.78 is 0. The van der Waals surface area contributed by atoms with Crippen molar-refractivity contribution in [2.75, 3.05) is 11.5 Å². The first-order valence-corrected chi connectivity index (χ1v) is 15.6. The predicted molar refractivity (Wildman–Crippen MR) is 171 cm³/mol. The highest BCUT2D eigenvalue weighted by molar-refractivity contribution is 7.99. The molecule has 5 rings (SSSR count). The van der Waals surface area contributed by atoms with Gasteiger partial charge < -0.3 is 10.2 Å². The van der Waals surface area contributed by atoms with Crippen LogP contribution in [0, 0.1) is 5.41 Å². The second kappa shape index (κ2) is 12.0. The fourth-order valence-electron chi connectivity index (χ4n) is 5.67. The van der Waals surface area contributed by atoms with Crippen LogP contribution in [0.3, 0.4) is 0 Å². The molecular formula is C35H36ClNO3S. The molecule has 1 aliphatic carbocycles. The van der Waals surface area contributed by atoms with Crippen molar-refractivity contribution < 1.29 is 15.0 Å². The van der Waals surface area contributed by atoms with Crippen molar-refractivity contribution in [3.8, 4) is 0 Å². The Bertz CT molecular complexity index is 1590. The highest BCUT2D eigenvalue weighted by Crippen LogP contribution is 2.51. The van der Waals surface area contributed by atoms with Crippen molar-refractivity contribution in [1.82, 2.24) is 4.98 Å². The maximum Gasteiger partial charge on any atom is 0.303 e. The van der Waals surface area contributed by atoms with Crippen molar-refractivity contribution in [1.29, 1.82) is 0 Å². The molecule has 1 aliphatic rings. The third kappa shape index (κ3) is 6.86. The first kappa shape index (κ1) is 29.4. The molecule has 3 aromatic carbocycles. The van der Waals surface area contributed by atoms with Gasteiger partial charge >= 0.3 is 5.97 Å². The van der Waals surface area contributed by atoms with Gasteiger partial charge in [-0.2, -0.15) is 11.8 Å². The number of aromatic nitrogens is 1. The van der Waals surface area contributed by atoms with Crippen molar-refractivity contribution >= 4 is 45.8 Å². The summed E-state index contributed by atoms with van der Waals surface area (Å²) in [5, 5.41) is 22.1. The Morgan fingerprint density at radius 1 is 1.05 bits per heavy atom. The fraction of sp³-hybridized carbons (Fsp3) is 0.314. The number of hydrogen-bond acceptors (Lipinski definition) is 4. The monoisotopic (exact) mass is 585 g/mol. The van der Waals surface area contributed by atoms with Crippen LogP contribution in [0.15, 0.2) is 85.4 Å². The number of carboxylic acid groups (broad SMARTS) is 1. The van der Waals surface area contributed by atoms with Gasteiger partial charge in [0.2, 0.25) is 0 Å². The Morgan fingerprint density at radius 3 is 2.44 bits per heavy atom. The molecule has 41 heavy (non-hydrogen) atoms. The SMILES string of the molecule is C=C(c1ccc2ccc(Cl)cc2n1)c1ccccc1[C@@H](CCSCC1(CC(=O)O)CC1)c1ccccc1C(C)(C)O. The Balaban J connectivity index is 1.50. The molecule has 0 bridgehead atoms. The van der Waals surface area contributed by atoms with E-state index in [1.165, 1.54) is 0 Å². The number of halogens is 1. The lowest BCUT2D eigenvalue weighted by atomic mass is 9.79. The first-order valence-electron chi connectivity index (χ1n) is 14.0. The highest BCUT2D eigenvalue weighted by atomic mass is 35.5. The molecule has 1 saturated carbocycles. The zero-order chi connectivity index (χ0) is 29.2.